The monoisotopic (exact) mass is 451 g/mol. The van der Waals surface area contributed by atoms with Gasteiger partial charge in [0.1, 0.15) is 17.1 Å². The summed E-state index contributed by atoms with van der Waals surface area (Å²) in [7, 11) is -3.34. The lowest BCUT2D eigenvalue weighted by molar-refractivity contribution is -0.0828. The van der Waals surface area contributed by atoms with Crippen LogP contribution in [0.25, 0.3) is 0 Å². The quantitative estimate of drug-likeness (QED) is 0.711. The molecule has 1 aromatic heterocycles. The number of benzene rings is 1. The minimum Gasteiger partial charge on any atom is -0.365 e. The molecule has 1 amide bonds. The van der Waals surface area contributed by atoms with Gasteiger partial charge in [-0.05, 0) is 37.5 Å². The van der Waals surface area contributed by atoms with E-state index in [2.05, 4.69) is 15.0 Å². The summed E-state index contributed by atoms with van der Waals surface area (Å²) in [6, 6.07) is 4.50. The zero-order valence-electron chi connectivity index (χ0n) is 17.6. The molecule has 168 valence electrons. The number of likely N-dealkylation sites (tertiary alicyclic amines) is 1. The van der Waals surface area contributed by atoms with Crippen molar-refractivity contribution in [2.75, 3.05) is 18.8 Å². The van der Waals surface area contributed by atoms with Gasteiger partial charge in [-0.3, -0.25) is 4.79 Å². The van der Waals surface area contributed by atoms with Gasteiger partial charge in [-0.15, -0.1) is 5.10 Å². The summed E-state index contributed by atoms with van der Waals surface area (Å²) in [5, 5.41) is 8.29. The molecule has 0 bridgehead atoms. The van der Waals surface area contributed by atoms with Crippen LogP contribution in [0.4, 0.5) is 4.39 Å². The number of fused-ring (bicyclic) bond motifs is 1. The van der Waals surface area contributed by atoms with E-state index in [9.17, 15) is 17.6 Å². The number of nitrogens with zero attached hydrogens (tertiary/aromatic N) is 4. The van der Waals surface area contributed by atoms with Crippen LogP contribution in [0.1, 0.15) is 47.1 Å². The minimum absolute atomic E-state index is 0.0603. The van der Waals surface area contributed by atoms with Crippen LogP contribution >= 0.6 is 0 Å². The molecule has 0 saturated carbocycles. The summed E-state index contributed by atoms with van der Waals surface area (Å²) in [6.45, 7) is 5.06. The van der Waals surface area contributed by atoms with E-state index in [1.807, 2.05) is 0 Å². The molecule has 11 heteroatoms. The summed E-state index contributed by atoms with van der Waals surface area (Å²) in [4.78, 5) is 14.5. The molecule has 9 nitrogen and oxygen atoms in total. The van der Waals surface area contributed by atoms with Crippen molar-refractivity contribution in [3.05, 3.63) is 46.5 Å². The lowest BCUT2D eigenvalue weighted by atomic mass is 10.0. The maximum Gasteiger partial charge on any atom is 0.254 e. The van der Waals surface area contributed by atoms with E-state index in [1.165, 1.54) is 6.07 Å². The van der Waals surface area contributed by atoms with Gasteiger partial charge in [0, 0.05) is 12.1 Å². The van der Waals surface area contributed by atoms with Crippen molar-refractivity contribution >= 4 is 15.9 Å². The number of hydrogen-bond donors (Lipinski definition) is 1. The fourth-order valence-corrected chi connectivity index (χ4v) is 5.06. The third-order valence-corrected chi connectivity index (χ3v) is 7.36. The number of halogens is 1. The van der Waals surface area contributed by atoms with Crippen LogP contribution in [-0.4, -0.2) is 58.7 Å². The van der Waals surface area contributed by atoms with Crippen molar-refractivity contribution in [3.8, 4) is 0 Å². The van der Waals surface area contributed by atoms with Crippen LogP contribution in [0.5, 0.6) is 0 Å². The van der Waals surface area contributed by atoms with Crippen molar-refractivity contribution in [2.24, 2.45) is 0 Å². The molecular formula is C20H26FN5O4S. The van der Waals surface area contributed by atoms with Gasteiger partial charge in [0.05, 0.1) is 37.7 Å². The molecule has 31 heavy (non-hydrogen) atoms. The number of aromatic nitrogens is 3. The number of carbonyl (C=O) groups excluding carboxylic acids is 1. The highest BCUT2D eigenvalue weighted by atomic mass is 32.2. The van der Waals surface area contributed by atoms with E-state index >= 15 is 0 Å². The molecule has 2 aromatic rings. The number of nitrogens with one attached hydrogen (secondary N) is 1. The van der Waals surface area contributed by atoms with Gasteiger partial charge >= 0.3 is 0 Å². The summed E-state index contributed by atoms with van der Waals surface area (Å²) in [5.41, 5.74) is 1.50. The second-order valence-corrected chi connectivity index (χ2v) is 10.1. The molecule has 4 rings (SSSR count). The topological polar surface area (TPSA) is 106 Å². The molecule has 1 spiro atoms. The highest BCUT2D eigenvalue weighted by Gasteiger charge is 2.45. The summed E-state index contributed by atoms with van der Waals surface area (Å²) in [5.74, 6) is -0.567. The molecular weight excluding hydrogens is 425 g/mol. The van der Waals surface area contributed by atoms with Gasteiger partial charge in [-0.1, -0.05) is 18.2 Å². The maximum absolute atomic E-state index is 13.9. The number of ether oxygens (including phenoxy) is 1. The third-order valence-electron chi connectivity index (χ3n) is 5.83. The van der Waals surface area contributed by atoms with Gasteiger partial charge in [0.25, 0.3) is 5.91 Å². The molecule has 1 saturated heterocycles. The van der Waals surface area contributed by atoms with Gasteiger partial charge in [-0.2, -0.15) is 0 Å². The van der Waals surface area contributed by atoms with E-state index in [-0.39, 0.29) is 24.8 Å². The average Bonchev–Trinajstić information content (AvgIpc) is 3.32. The predicted molar refractivity (Wildman–Crippen MR) is 110 cm³/mol. The summed E-state index contributed by atoms with van der Waals surface area (Å²) < 4.78 is 48.1. The smallest absolute Gasteiger partial charge is 0.254 e. The van der Waals surface area contributed by atoms with Crippen molar-refractivity contribution in [2.45, 2.75) is 52.0 Å². The number of sulfonamides is 1. The van der Waals surface area contributed by atoms with Crippen molar-refractivity contribution in [1.82, 2.24) is 24.6 Å². The number of amides is 1. The largest absolute Gasteiger partial charge is 0.365 e. The second-order valence-electron chi connectivity index (χ2n) is 8.19. The Kier molecular flexibility index (Phi) is 5.84. The van der Waals surface area contributed by atoms with Crippen molar-refractivity contribution < 1.29 is 22.3 Å². The van der Waals surface area contributed by atoms with Gasteiger partial charge < -0.3 is 9.64 Å². The molecule has 1 unspecified atom stereocenters. The number of carbonyl (C=O) groups is 1. The van der Waals surface area contributed by atoms with E-state index in [1.54, 1.807) is 35.6 Å². The Bertz CT molecular complexity index is 1100. The first-order chi connectivity index (χ1) is 14.7. The fourth-order valence-electron chi connectivity index (χ4n) is 4.02. The Hall–Kier alpha value is -2.37. The van der Waals surface area contributed by atoms with Crippen LogP contribution in [-0.2, 0) is 34.5 Å². The van der Waals surface area contributed by atoms with E-state index in [0.717, 1.165) is 5.69 Å². The van der Waals surface area contributed by atoms with Gasteiger partial charge in [-0.25, -0.2) is 22.2 Å². The third kappa shape index (κ3) is 4.48. The minimum atomic E-state index is -3.34. The second kappa shape index (κ2) is 8.29. The van der Waals surface area contributed by atoms with Crippen LogP contribution in [0, 0.1) is 12.7 Å². The lowest BCUT2D eigenvalue weighted by Crippen LogP contribution is -2.45. The first-order valence-corrected chi connectivity index (χ1v) is 12.0. The average molecular weight is 452 g/mol. The molecule has 0 radical (unpaired) electrons. The molecule has 2 aliphatic heterocycles. The molecule has 1 fully saturated rings. The van der Waals surface area contributed by atoms with Crippen LogP contribution in [0.15, 0.2) is 18.2 Å². The van der Waals surface area contributed by atoms with Crippen LogP contribution < -0.4 is 4.72 Å². The number of rotatable bonds is 6. The standard InChI is InChI=1S/C20H26FN5O4S/c1-3-8-31(28,29)22-10-17-18-11-30-20(13-26(18)24-23-17)6-7-25(12-20)19(27)15-5-4-14(2)16(21)9-15/h4-5,9,22H,3,6-8,10-13H2,1-2H3. The Morgan fingerprint density at radius 2 is 2.16 bits per heavy atom. The van der Waals surface area contributed by atoms with Gasteiger partial charge in [0.15, 0.2) is 0 Å². The van der Waals surface area contributed by atoms with Crippen LogP contribution in [0.3, 0.4) is 0 Å². The van der Waals surface area contributed by atoms with Crippen LogP contribution in [0.2, 0.25) is 0 Å². The van der Waals surface area contributed by atoms with E-state index < -0.39 is 21.4 Å². The zero-order valence-corrected chi connectivity index (χ0v) is 18.4. The molecule has 3 heterocycles. The molecule has 1 aromatic carbocycles. The normalized spacial score (nSPS) is 20.9. The number of hydrogen-bond acceptors (Lipinski definition) is 6. The zero-order chi connectivity index (χ0) is 22.2. The molecule has 0 aliphatic carbocycles. The Labute approximate surface area is 180 Å². The van der Waals surface area contributed by atoms with E-state index in [4.69, 9.17) is 4.74 Å². The molecule has 2 aliphatic rings. The lowest BCUT2D eigenvalue weighted by Gasteiger charge is -2.34. The Morgan fingerprint density at radius 3 is 2.90 bits per heavy atom. The van der Waals surface area contributed by atoms with E-state index in [0.29, 0.717) is 49.3 Å². The highest BCUT2D eigenvalue weighted by Crippen LogP contribution is 2.33. The van der Waals surface area contributed by atoms with Crippen molar-refractivity contribution in [3.63, 3.8) is 0 Å². The number of aryl methyl sites for hydroxylation is 1. The first-order valence-electron chi connectivity index (χ1n) is 10.3. The molecule has 1 N–H and O–H groups in total. The maximum atomic E-state index is 13.9. The Morgan fingerprint density at radius 1 is 1.35 bits per heavy atom. The predicted octanol–water partition coefficient (Wildman–Crippen LogP) is 1.37. The van der Waals surface area contributed by atoms with Crippen molar-refractivity contribution in [1.29, 1.82) is 0 Å². The summed E-state index contributed by atoms with van der Waals surface area (Å²) >= 11 is 0. The molecule has 1 atom stereocenters. The highest BCUT2D eigenvalue weighted by molar-refractivity contribution is 7.89. The summed E-state index contributed by atoms with van der Waals surface area (Å²) in [6.07, 6.45) is 1.16. The first kappa shape index (κ1) is 21.8. The van der Waals surface area contributed by atoms with Gasteiger partial charge in [0.2, 0.25) is 10.0 Å². The SMILES string of the molecule is CCCS(=O)(=O)NCc1nnn2c1COC1(CCN(C(=O)c3ccc(C)c(F)c3)C1)C2. The fraction of sp³-hybridized carbons (Fsp3) is 0.550. The Balaban J connectivity index is 1.43.